The van der Waals surface area contributed by atoms with Gasteiger partial charge in [0.05, 0.1) is 5.75 Å². The number of hydrogen-bond acceptors (Lipinski definition) is 3. The van der Waals surface area contributed by atoms with Crippen LogP contribution in [0.2, 0.25) is 0 Å². The molecule has 1 rings (SSSR count). The molecule has 0 saturated heterocycles. The average molecular weight is 277 g/mol. The zero-order valence-electron chi connectivity index (χ0n) is 10.6. The second-order valence-corrected chi connectivity index (χ2v) is 6.57. The van der Waals surface area contributed by atoms with Crippen molar-refractivity contribution in [3.05, 3.63) is 12.3 Å². The number of nitrogens with zero attached hydrogens (tertiary/aromatic N) is 2. The Balaban J connectivity index is 2.42. The molecular formula is C11H17F2N3OS. The molecule has 7 heteroatoms. The predicted molar refractivity (Wildman–Crippen MR) is 69.1 cm³/mol. The molecule has 0 fully saturated rings. The molecule has 4 nitrogen and oxygen atoms in total. The minimum absolute atomic E-state index is 0.00633. The van der Waals surface area contributed by atoms with Crippen LogP contribution in [0.4, 0.5) is 14.6 Å². The highest BCUT2D eigenvalue weighted by molar-refractivity contribution is 8.01. The summed E-state index contributed by atoms with van der Waals surface area (Å²) in [5, 5.41) is 6.40. The van der Waals surface area contributed by atoms with Crippen molar-refractivity contribution in [1.29, 1.82) is 0 Å². The van der Waals surface area contributed by atoms with E-state index in [1.54, 1.807) is 0 Å². The van der Waals surface area contributed by atoms with Gasteiger partial charge in [0.25, 0.3) is 6.43 Å². The molecule has 0 radical (unpaired) electrons. The van der Waals surface area contributed by atoms with Crippen LogP contribution in [0.3, 0.4) is 0 Å². The van der Waals surface area contributed by atoms with E-state index in [1.807, 2.05) is 20.8 Å². The molecule has 0 aromatic carbocycles. The quantitative estimate of drug-likeness (QED) is 0.900. The molecular weight excluding hydrogens is 260 g/mol. The average Bonchev–Trinajstić information content (AvgIpc) is 2.60. The number of anilines is 1. The first kappa shape index (κ1) is 14.9. The topological polar surface area (TPSA) is 46.9 Å². The summed E-state index contributed by atoms with van der Waals surface area (Å²) in [5.74, 6) is 0.429. The SMILES string of the molecule is CC(C)(C)SCC(=O)Nc1ccn(CC(F)F)n1. The zero-order chi connectivity index (χ0) is 13.8. The van der Waals surface area contributed by atoms with E-state index in [9.17, 15) is 13.6 Å². The molecule has 1 heterocycles. The third kappa shape index (κ3) is 6.00. The van der Waals surface area contributed by atoms with E-state index in [1.165, 1.54) is 24.0 Å². The molecule has 0 saturated carbocycles. The van der Waals surface area contributed by atoms with Gasteiger partial charge in [-0.05, 0) is 0 Å². The van der Waals surface area contributed by atoms with Crippen LogP contribution >= 0.6 is 11.8 Å². The van der Waals surface area contributed by atoms with Gasteiger partial charge in [-0.1, -0.05) is 20.8 Å². The highest BCUT2D eigenvalue weighted by atomic mass is 32.2. The van der Waals surface area contributed by atoms with Gasteiger partial charge < -0.3 is 5.32 Å². The first-order valence-electron chi connectivity index (χ1n) is 5.52. The first-order valence-corrected chi connectivity index (χ1v) is 6.50. The van der Waals surface area contributed by atoms with E-state index in [0.29, 0.717) is 11.6 Å². The Labute approximate surface area is 109 Å². The highest BCUT2D eigenvalue weighted by Crippen LogP contribution is 2.22. The molecule has 1 aromatic heterocycles. The Morgan fingerprint density at radius 3 is 2.78 bits per heavy atom. The second-order valence-electron chi connectivity index (χ2n) is 4.76. The summed E-state index contributed by atoms with van der Waals surface area (Å²) in [5.41, 5.74) is 0. The van der Waals surface area contributed by atoms with E-state index in [-0.39, 0.29) is 10.7 Å². The fourth-order valence-electron chi connectivity index (χ4n) is 1.13. The smallest absolute Gasteiger partial charge is 0.257 e. The number of nitrogens with one attached hydrogen (secondary N) is 1. The molecule has 0 bridgehead atoms. The van der Waals surface area contributed by atoms with E-state index >= 15 is 0 Å². The number of rotatable bonds is 5. The van der Waals surface area contributed by atoms with Gasteiger partial charge in [0.1, 0.15) is 6.54 Å². The van der Waals surface area contributed by atoms with Crippen molar-refractivity contribution in [3.8, 4) is 0 Å². The summed E-state index contributed by atoms with van der Waals surface area (Å²) in [6, 6.07) is 1.50. The molecule has 102 valence electrons. The summed E-state index contributed by atoms with van der Waals surface area (Å²) in [6.07, 6.45) is -1.04. The van der Waals surface area contributed by atoms with E-state index in [4.69, 9.17) is 0 Å². The third-order valence-electron chi connectivity index (χ3n) is 1.87. The Kier molecular flexibility index (Phi) is 5.13. The number of carbonyl (C=O) groups excluding carboxylic acids is 1. The minimum atomic E-state index is -2.45. The summed E-state index contributed by atoms with van der Waals surface area (Å²) in [6.45, 7) is 5.58. The van der Waals surface area contributed by atoms with Crippen LogP contribution in [-0.2, 0) is 11.3 Å². The fourth-order valence-corrected chi connectivity index (χ4v) is 1.77. The van der Waals surface area contributed by atoms with Crippen molar-refractivity contribution < 1.29 is 13.6 Å². The molecule has 0 aliphatic heterocycles. The van der Waals surface area contributed by atoms with Crippen LogP contribution in [0.5, 0.6) is 0 Å². The van der Waals surface area contributed by atoms with E-state index in [2.05, 4.69) is 10.4 Å². The fraction of sp³-hybridized carbons (Fsp3) is 0.636. The van der Waals surface area contributed by atoms with Crippen molar-refractivity contribution in [1.82, 2.24) is 9.78 Å². The molecule has 0 aliphatic rings. The van der Waals surface area contributed by atoms with Crippen LogP contribution in [0.15, 0.2) is 12.3 Å². The number of thioether (sulfide) groups is 1. The van der Waals surface area contributed by atoms with Gasteiger partial charge in [-0.2, -0.15) is 5.10 Å². The van der Waals surface area contributed by atoms with Crippen molar-refractivity contribution in [3.63, 3.8) is 0 Å². The Morgan fingerprint density at radius 1 is 1.56 bits per heavy atom. The molecule has 0 unspecified atom stereocenters. The first-order chi connectivity index (χ1) is 8.26. The zero-order valence-corrected chi connectivity index (χ0v) is 11.4. The van der Waals surface area contributed by atoms with Crippen molar-refractivity contribution in [2.24, 2.45) is 0 Å². The Hall–Kier alpha value is -1.11. The number of halogens is 2. The Morgan fingerprint density at radius 2 is 2.22 bits per heavy atom. The van der Waals surface area contributed by atoms with Gasteiger partial charge in [-0.3, -0.25) is 9.48 Å². The maximum Gasteiger partial charge on any atom is 0.257 e. The van der Waals surface area contributed by atoms with E-state index < -0.39 is 13.0 Å². The molecule has 1 aromatic rings. The maximum atomic E-state index is 12.1. The predicted octanol–water partition coefficient (Wildman–Crippen LogP) is 2.62. The van der Waals surface area contributed by atoms with Crippen molar-refractivity contribution in [2.45, 2.75) is 38.5 Å². The molecule has 0 atom stereocenters. The van der Waals surface area contributed by atoms with Gasteiger partial charge in [-0.15, -0.1) is 11.8 Å². The van der Waals surface area contributed by atoms with Gasteiger partial charge in [-0.25, -0.2) is 8.78 Å². The number of alkyl halides is 2. The van der Waals surface area contributed by atoms with Crippen molar-refractivity contribution in [2.75, 3.05) is 11.1 Å². The lowest BCUT2D eigenvalue weighted by Gasteiger charge is -2.16. The third-order valence-corrected chi connectivity index (χ3v) is 3.14. The van der Waals surface area contributed by atoms with Gasteiger partial charge in [0.2, 0.25) is 5.91 Å². The molecule has 18 heavy (non-hydrogen) atoms. The van der Waals surface area contributed by atoms with Gasteiger partial charge in [0, 0.05) is 17.0 Å². The maximum absolute atomic E-state index is 12.1. The Bertz CT molecular complexity index is 401. The summed E-state index contributed by atoms with van der Waals surface area (Å²) in [4.78, 5) is 11.6. The lowest BCUT2D eigenvalue weighted by Crippen LogP contribution is -2.19. The van der Waals surface area contributed by atoms with E-state index in [0.717, 1.165) is 4.68 Å². The number of carbonyl (C=O) groups is 1. The summed E-state index contributed by atoms with van der Waals surface area (Å²) >= 11 is 1.51. The number of aromatic nitrogens is 2. The highest BCUT2D eigenvalue weighted by Gasteiger charge is 2.14. The van der Waals surface area contributed by atoms with Gasteiger partial charge >= 0.3 is 0 Å². The van der Waals surface area contributed by atoms with Gasteiger partial charge in [0.15, 0.2) is 5.82 Å². The number of hydrogen-bond donors (Lipinski definition) is 1. The lowest BCUT2D eigenvalue weighted by molar-refractivity contribution is -0.113. The standard InChI is InChI=1S/C11H17F2N3OS/c1-11(2,3)18-7-10(17)14-9-4-5-16(15-9)6-8(12)13/h4-5,8H,6-7H2,1-3H3,(H,14,15,17). The summed E-state index contributed by atoms with van der Waals surface area (Å²) in [7, 11) is 0. The molecule has 0 aliphatic carbocycles. The summed E-state index contributed by atoms with van der Waals surface area (Å²) < 4.78 is 25.3. The minimum Gasteiger partial charge on any atom is -0.308 e. The van der Waals surface area contributed by atoms with Crippen LogP contribution in [0.1, 0.15) is 20.8 Å². The molecule has 1 amide bonds. The molecule has 1 N–H and O–H groups in total. The van der Waals surface area contributed by atoms with Crippen molar-refractivity contribution >= 4 is 23.5 Å². The molecule has 0 spiro atoms. The lowest BCUT2D eigenvalue weighted by atomic mass is 10.3. The monoisotopic (exact) mass is 277 g/mol. The van der Waals surface area contributed by atoms with Crippen LogP contribution < -0.4 is 5.32 Å². The van der Waals surface area contributed by atoms with Crippen LogP contribution in [0, 0.1) is 0 Å². The van der Waals surface area contributed by atoms with Crippen LogP contribution in [0.25, 0.3) is 0 Å². The second kappa shape index (κ2) is 6.17. The van der Waals surface area contributed by atoms with Crippen LogP contribution in [-0.4, -0.2) is 32.6 Å². The normalized spacial score (nSPS) is 11.9. The number of amides is 1. The largest absolute Gasteiger partial charge is 0.308 e.